The number of fused-ring (bicyclic) bond motifs is 6. The predicted octanol–water partition coefficient (Wildman–Crippen LogP) is 7.07. The number of alkyl halides is 3. The SMILES string of the molecule is CCC1=C[C@@H]2CN(CCc3c([nH]c4ccccc34)[C@@](C(=O)OC)(c3cc4c(cc3OC)N(C)[C@H]3[C@@](O)(CNC(=O)c5ccc(C(F)(F)F)cc5)[C@H](OC(C)=O)[C@]5(CC)C=CCN6CC[C@]43[C@@H]65)C2)C1. The Hall–Kier alpha value is -5.64. The first-order valence-electron chi connectivity index (χ1n) is 23.8. The number of carbonyl (C=O) groups is 3. The zero-order valence-corrected chi connectivity index (χ0v) is 39.5. The van der Waals surface area contributed by atoms with Crippen LogP contribution in [0.1, 0.15) is 84.8 Å². The first-order valence-corrected chi connectivity index (χ1v) is 23.8. The van der Waals surface area contributed by atoms with Crippen molar-refractivity contribution in [1.82, 2.24) is 20.1 Å². The van der Waals surface area contributed by atoms with E-state index in [0.717, 1.165) is 83.7 Å². The quantitative estimate of drug-likeness (QED) is 0.118. The van der Waals surface area contributed by atoms with Crippen LogP contribution in [0.2, 0.25) is 0 Å². The summed E-state index contributed by atoms with van der Waals surface area (Å²) < 4.78 is 59.4. The first kappa shape index (κ1) is 46.1. The van der Waals surface area contributed by atoms with Gasteiger partial charge in [-0.25, -0.2) is 0 Å². The third kappa shape index (κ3) is 6.61. The average molecular weight is 936 g/mol. The van der Waals surface area contributed by atoms with Crippen molar-refractivity contribution >= 4 is 34.4 Å². The molecule has 3 aromatic carbocycles. The number of H-pyrrole nitrogens is 1. The number of amides is 1. The fourth-order valence-electron chi connectivity index (χ4n) is 14.1. The van der Waals surface area contributed by atoms with Crippen molar-refractivity contribution in [1.29, 1.82) is 0 Å². The van der Waals surface area contributed by atoms with Crippen molar-refractivity contribution < 1.29 is 46.9 Å². The van der Waals surface area contributed by atoms with Crippen LogP contribution in [0.4, 0.5) is 18.9 Å². The Balaban J connectivity index is 1.20. The molecular formula is C53H60F3N5O7. The van der Waals surface area contributed by atoms with E-state index in [-0.39, 0.29) is 17.5 Å². The Morgan fingerprint density at radius 2 is 1.76 bits per heavy atom. The van der Waals surface area contributed by atoms with Gasteiger partial charge in [0, 0.05) is 96.5 Å². The second kappa shape index (κ2) is 16.5. The molecule has 4 aromatic rings. The lowest BCUT2D eigenvalue weighted by Gasteiger charge is -2.64. The number of methoxy groups -OCH3 is 2. The van der Waals surface area contributed by atoms with E-state index < -0.39 is 70.1 Å². The number of hydrogen-bond donors (Lipinski definition) is 3. The number of nitrogens with one attached hydrogen (secondary N) is 2. The van der Waals surface area contributed by atoms with Crippen molar-refractivity contribution in [3.63, 3.8) is 0 Å². The normalized spacial score (nSPS) is 31.6. The van der Waals surface area contributed by atoms with E-state index in [1.165, 1.54) is 19.6 Å². The molecule has 1 saturated carbocycles. The highest BCUT2D eigenvalue weighted by atomic mass is 19.4. The number of halogens is 3. The average Bonchev–Trinajstić information content (AvgIpc) is 4.00. The first-order chi connectivity index (χ1) is 32.5. The van der Waals surface area contributed by atoms with Crippen LogP contribution in [0.25, 0.3) is 10.9 Å². The molecule has 1 aromatic heterocycles. The van der Waals surface area contributed by atoms with Gasteiger partial charge in [0.25, 0.3) is 5.91 Å². The van der Waals surface area contributed by atoms with Gasteiger partial charge in [0.15, 0.2) is 0 Å². The number of anilines is 1. The van der Waals surface area contributed by atoms with Crippen molar-refractivity contribution in [2.24, 2.45) is 11.3 Å². The smallest absolute Gasteiger partial charge is 0.416 e. The van der Waals surface area contributed by atoms with Gasteiger partial charge in [0.2, 0.25) is 0 Å². The van der Waals surface area contributed by atoms with E-state index >= 15 is 4.79 Å². The van der Waals surface area contributed by atoms with Crippen molar-refractivity contribution in [2.45, 2.75) is 93.7 Å². The van der Waals surface area contributed by atoms with E-state index in [2.05, 4.69) is 57.4 Å². The van der Waals surface area contributed by atoms with Gasteiger partial charge < -0.3 is 34.5 Å². The van der Waals surface area contributed by atoms with Gasteiger partial charge in [-0.2, -0.15) is 13.2 Å². The summed E-state index contributed by atoms with van der Waals surface area (Å²) in [5.41, 5.74) is 0.135. The summed E-state index contributed by atoms with van der Waals surface area (Å²) in [5.74, 6) is -1.29. The molecule has 3 N–H and O–H groups in total. The minimum Gasteiger partial charge on any atom is -0.496 e. The van der Waals surface area contributed by atoms with Crippen LogP contribution in [0.3, 0.4) is 0 Å². The van der Waals surface area contributed by atoms with E-state index in [9.17, 15) is 27.9 Å². The number of esters is 2. The predicted molar refractivity (Wildman–Crippen MR) is 251 cm³/mol. The number of para-hydroxylation sites is 1. The molecule has 2 bridgehead atoms. The molecular weight excluding hydrogens is 876 g/mol. The Kier molecular flexibility index (Phi) is 11.2. The molecule has 10 rings (SSSR count). The molecule has 5 aliphatic heterocycles. The van der Waals surface area contributed by atoms with Crippen LogP contribution in [-0.4, -0.2) is 122 Å². The molecule has 360 valence electrons. The van der Waals surface area contributed by atoms with Gasteiger partial charge in [-0.1, -0.05) is 55.8 Å². The molecule has 1 spiro atoms. The second-order valence-corrected chi connectivity index (χ2v) is 19.9. The van der Waals surface area contributed by atoms with Crippen LogP contribution in [0, 0.1) is 11.3 Å². The van der Waals surface area contributed by atoms with E-state index in [1.807, 2.05) is 43.1 Å². The number of benzene rings is 3. The Bertz CT molecular complexity index is 2750. The van der Waals surface area contributed by atoms with E-state index in [4.69, 9.17) is 14.2 Å². The van der Waals surface area contributed by atoms with Gasteiger partial charge >= 0.3 is 18.1 Å². The number of aliphatic hydroxyl groups is 1. The number of carbonyl (C=O) groups excluding carboxylic acids is 3. The highest BCUT2D eigenvalue weighted by Gasteiger charge is 2.78. The van der Waals surface area contributed by atoms with Gasteiger partial charge in [0.1, 0.15) is 22.9 Å². The number of nitrogens with zero attached hydrogens (tertiary/aromatic N) is 3. The summed E-state index contributed by atoms with van der Waals surface area (Å²) >= 11 is 0. The molecule has 15 heteroatoms. The number of rotatable bonds is 9. The van der Waals surface area contributed by atoms with E-state index in [0.29, 0.717) is 50.1 Å². The van der Waals surface area contributed by atoms with Gasteiger partial charge in [-0.3, -0.25) is 24.2 Å². The number of aromatic amines is 1. The van der Waals surface area contributed by atoms with Crippen molar-refractivity contribution in [3.8, 4) is 5.75 Å². The zero-order chi connectivity index (χ0) is 48.1. The highest BCUT2D eigenvalue weighted by molar-refractivity contribution is 5.95. The molecule has 1 saturated heterocycles. The fourth-order valence-corrected chi connectivity index (χ4v) is 14.1. The number of hydrogen-bond acceptors (Lipinski definition) is 10. The van der Waals surface area contributed by atoms with Crippen LogP contribution < -0.4 is 15.0 Å². The fraction of sp³-hybridized carbons (Fsp3) is 0.491. The molecule has 1 unspecified atom stereocenters. The molecule has 68 heavy (non-hydrogen) atoms. The zero-order valence-electron chi connectivity index (χ0n) is 39.5. The Labute approximate surface area is 394 Å². The molecule has 1 aliphatic carbocycles. The topological polar surface area (TPSA) is 137 Å². The van der Waals surface area contributed by atoms with Crippen molar-refractivity contribution in [3.05, 3.63) is 118 Å². The molecule has 9 atom stereocenters. The van der Waals surface area contributed by atoms with Crippen LogP contribution in [-0.2, 0) is 42.5 Å². The minimum absolute atomic E-state index is 0.0253. The summed E-state index contributed by atoms with van der Waals surface area (Å²) in [6.45, 7) is 8.78. The standard InChI is InChI=1S/C53H60F3N5O7/c1-7-32-24-33-27-51(48(64)67-6,43-37(18-22-60(28-32)29-33)36-12-9-10-13-40(36)58-43)39-25-38-41(26-42(39)66-5)59(4)46-50(38)20-23-61-21-11-19-49(8-2,45(50)61)47(68-31(3)62)52(46,65)30-57-44(63)34-14-16-35(17-15-34)53(54,55)56/h9-17,19,24-26,33,45-47,58,65H,7-8,18,20-23,27-30H2,1-6H3,(H,57,63)/t33-,45-,46+,47+,49+,50+,51-,52-/m0/s1. The Morgan fingerprint density at radius 1 is 1.00 bits per heavy atom. The highest BCUT2D eigenvalue weighted by Crippen LogP contribution is 2.68. The van der Waals surface area contributed by atoms with Gasteiger partial charge in [-0.05, 0) is 92.1 Å². The third-order valence-electron chi connectivity index (χ3n) is 16.7. The minimum atomic E-state index is -4.59. The van der Waals surface area contributed by atoms with Crippen molar-refractivity contribution in [2.75, 3.05) is 65.4 Å². The molecule has 12 nitrogen and oxygen atoms in total. The third-order valence-corrected chi connectivity index (χ3v) is 16.7. The number of ether oxygens (including phenoxy) is 3. The summed E-state index contributed by atoms with van der Waals surface area (Å²) in [6, 6.07) is 15.0. The maximum atomic E-state index is 15.5. The lowest BCUT2D eigenvalue weighted by Crippen LogP contribution is -2.81. The molecule has 1 amide bonds. The maximum absolute atomic E-state index is 15.5. The Morgan fingerprint density at radius 3 is 2.46 bits per heavy atom. The van der Waals surface area contributed by atoms with E-state index in [1.54, 1.807) is 7.11 Å². The summed E-state index contributed by atoms with van der Waals surface area (Å²) in [5, 5.41) is 17.8. The summed E-state index contributed by atoms with van der Waals surface area (Å²) in [7, 11) is 4.94. The van der Waals surface area contributed by atoms with Crippen LogP contribution >= 0.6 is 0 Å². The molecule has 6 heterocycles. The molecule has 2 fully saturated rings. The van der Waals surface area contributed by atoms with Crippen LogP contribution in [0.15, 0.2) is 84.5 Å². The summed E-state index contributed by atoms with van der Waals surface area (Å²) in [4.78, 5) is 53.4. The molecule has 0 radical (unpaired) electrons. The number of likely N-dealkylation sites (N-methyl/N-ethyl adjacent to an activating group) is 1. The number of aromatic nitrogens is 1. The summed E-state index contributed by atoms with van der Waals surface area (Å²) in [6.07, 6.45) is 3.69. The van der Waals surface area contributed by atoms with Crippen LogP contribution in [0.5, 0.6) is 5.75 Å². The lowest BCUT2D eigenvalue weighted by atomic mass is 9.47. The van der Waals surface area contributed by atoms with Gasteiger partial charge in [-0.15, -0.1) is 0 Å². The second-order valence-electron chi connectivity index (χ2n) is 19.9. The monoisotopic (exact) mass is 935 g/mol. The molecule has 6 aliphatic rings. The largest absolute Gasteiger partial charge is 0.496 e. The lowest BCUT2D eigenvalue weighted by molar-refractivity contribution is -0.216. The van der Waals surface area contributed by atoms with Gasteiger partial charge in [0.05, 0.1) is 32.4 Å². The maximum Gasteiger partial charge on any atom is 0.416 e.